The lowest BCUT2D eigenvalue weighted by molar-refractivity contribution is 0.432. The number of aromatic hydroxyl groups is 1. The molecule has 1 aromatic carbocycles. The van der Waals surface area contributed by atoms with Crippen LogP contribution in [0.3, 0.4) is 0 Å². The van der Waals surface area contributed by atoms with E-state index in [1.54, 1.807) is 13.8 Å². The SMILES string of the molecule is CC(C)CS(=O)(=O)Nc1ccc(O)c(F)c1. The molecule has 0 spiro atoms. The van der Waals surface area contributed by atoms with Crippen molar-refractivity contribution in [3.05, 3.63) is 24.0 Å². The maximum absolute atomic E-state index is 12.9. The van der Waals surface area contributed by atoms with E-state index in [2.05, 4.69) is 4.72 Å². The molecule has 0 bridgehead atoms. The molecular formula is C10H14FNO3S. The third-order valence-electron chi connectivity index (χ3n) is 1.77. The van der Waals surface area contributed by atoms with Crippen molar-refractivity contribution < 1.29 is 17.9 Å². The Balaban J connectivity index is 2.84. The van der Waals surface area contributed by atoms with Crippen LogP contribution in [-0.2, 0) is 10.0 Å². The minimum atomic E-state index is -3.46. The monoisotopic (exact) mass is 247 g/mol. The first-order valence-electron chi connectivity index (χ1n) is 4.79. The topological polar surface area (TPSA) is 66.4 Å². The van der Waals surface area contributed by atoms with Crippen molar-refractivity contribution in [3.8, 4) is 5.75 Å². The maximum atomic E-state index is 12.9. The summed E-state index contributed by atoms with van der Waals surface area (Å²) >= 11 is 0. The Bertz CT molecular complexity index is 471. The number of hydrogen-bond acceptors (Lipinski definition) is 3. The van der Waals surface area contributed by atoms with Crippen LogP contribution < -0.4 is 4.72 Å². The van der Waals surface area contributed by atoms with E-state index in [1.807, 2.05) is 0 Å². The lowest BCUT2D eigenvalue weighted by Crippen LogP contribution is -2.20. The smallest absolute Gasteiger partial charge is 0.232 e. The van der Waals surface area contributed by atoms with Crippen molar-refractivity contribution in [2.45, 2.75) is 13.8 Å². The van der Waals surface area contributed by atoms with Crippen LogP contribution in [0.15, 0.2) is 18.2 Å². The highest BCUT2D eigenvalue weighted by Gasteiger charge is 2.13. The summed E-state index contributed by atoms with van der Waals surface area (Å²) in [6.45, 7) is 3.55. The van der Waals surface area contributed by atoms with Gasteiger partial charge in [0.1, 0.15) is 0 Å². The Kier molecular flexibility index (Phi) is 3.74. The van der Waals surface area contributed by atoms with Crippen LogP contribution in [0, 0.1) is 11.7 Å². The van der Waals surface area contributed by atoms with Gasteiger partial charge in [-0.15, -0.1) is 0 Å². The molecule has 0 radical (unpaired) electrons. The van der Waals surface area contributed by atoms with Gasteiger partial charge in [-0.05, 0) is 18.1 Å². The number of hydrogen-bond donors (Lipinski definition) is 2. The molecule has 6 heteroatoms. The summed E-state index contributed by atoms with van der Waals surface area (Å²) in [5.74, 6) is -1.41. The van der Waals surface area contributed by atoms with Crippen molar-refractivity contribution in [2.75, 3.05) is 10.5 Å². The first-order chi connectivity index (χ1) is 7.30. The number of phenolic OH excluding ortho intramolecular Hbond substituents is 1. The Morgan fingerprint density at radius 1 is 1.44 bits per heavy atom. The van der Waals surface area contributed by atoms with E-state index in [1.165, 1.54) is 6.07 Å². The van der Waals surface area contributed by atoms with Gasteiger partial charge in [0.25, 0.3) is 0 Å². The van der Waals surface area contributed by atoms with E-state index in [9.17, 15) is 12.8 Å². The van der Waals surface area contributed by atoms with Crippen LogP contribution in [0.5, 0.6) is 5.75 Å². The third kappa shape index (κ3) is 3.69. The van der Waals surface area contributed by atoms with Crippen molar-refractivity contribution in [3.63, 3.8) is 0 Å². The van der Waals surface area contributed by atoms with Crippen LogP contribution in [-0.4, -0.2) is 19.3 Å². The van der Waals surface area contributed by atoms with E-state index in [-0.39, 0.29) is 17.4 Å². The Labute approximate surface area is 94.2 Å². The lowest BCUT2D eigenvalue weighted by atomic mass is 10.3. The number of halogens is 1. The van der Waals surface area contributed by atoms with Crippen molar-refractivity contribution in [1.29, 1.82) is 0 Å². The molecule has 0 aromatic heterocycles. The summed E-state index contributed by atoms with van der Waals surface area (Å²) in [4.78, 5) is 0. The quantitative estimate of drug-likeness (QED) is 0.799. The van der Waals surface area contributed by atoms with Gasteiger partial charge in [0.05, 0.1) is 11.4 Å². The second kappa shape index (κ2) is 4.69. The van der Waals surface area contributed by atoms with Gasteiger partial charge < -0.3 is 5.11 Å². The molecule has 0 saturated heterocycles. The first kappa shape index (κ1) is 12.8. The second-order valence-corrected chi connectivity index (χ2v) is 5.71. The standard InChI is InChI=1S/C10H14FNO3S/c1-7(2)6-16(14,15)12-8-3-4-10(13)9(11)5-8/h3-5,7,12-13H,6H2,1-2H3. The number of phenols is 1. The van der Waals surface area contributed by atoms with E-state index in [0.717, 1.165) is 12.1 Å². The second-order valence-electron chi connectivity index (χ2n) is 3.94. The fourth-order valence-electron chi connectivity index (χ4n) is 1.23. The summed E-state index contributed by atoms with van der Waals surface area (Å²) in [5.41, 5.74) is 0.107. The van der Waals surface area contributed by atoms with E-state index < -0.39 is 21.6 Å². The summed E-state index contributed by atoms with van der Waals surface area (Å²) in [7, 11) is -3.46. The van der Waals surface area contributed by atoms with Gasteiger partial charge in [0.15, 0.2) is 11.6 Å². The minimum Gasteiger partial charge on any atom is -0.505 e. The summed E-state index contributed by atoms with van der Waals surface area (Å²) in [5, 5.41) is 8.94. The van der Waals surface area contributed by atoms with Crippen LogP contribution in [0.2, 0.25) is 0 Å². The lowest BCUT2D eigenvalue weighted by Gasteiger charge is -2.10. The predicted molar refractivity (Wildman–Crippen MR) is 60.3 cm³/mol. The molecule has 2 N–H and O–H groups in total. The molecule has 0 aliphatic rings. The number of sulfonamides is 1. The molecule has 90 valence electrons. The fraction of sp³-hybridized carbons (Fsp3) is 0.400. The normalized spacial score (nSPS) is 11.8. The van der Waals surface area contributed by atoms with Crippen LogP contribution in [0.1, 0.15) is 13.8 Å². The molecule has 4 nitrogen and oxygen atoms in total. The van der Waals surface area contributed by atoms with Crippen LogP contribution in [0.25, 0.3) is 0 Å². The molecule has 0 fully saturated rings. The molecule has 1 rings (SSSR count). The summed E-state index contributed by atoms with van der Waals surface area (Å²) in [6.07, 6.45) is 0. The van der Waals surface area contributed by atoms with Gasteiger partial charge in [-0.25, -0.2) is 12.8 Å². The summed E-state index contributed by atoms with van der Waals surface area (Å²) in [6, 6.07) is 3.34. The zero-order chi connectivity index (χ0) is 12.3. The number of rotatable bonds is 4. The summed E-state index contributed by atoms with van der Waals surface area (Å²) < 4.78 is 38.2. The number of nitrogens with one attached hydrogen (secondary N) is 1. The zero-order valence-electron chi connectivity index (χ0n) is 9.07. The maximum Gasteiger partial charge on any atom is 0.232 e. The molecule has 0 aliphatic heterocycles. The molecule has 0 unspecified atom stereocenters. The fourth-order valence-corrected chi connectivity index (χ4v) is 2.68. The van der Waals surface area contributed by atoms with Crippen molar-refractivity contribution >= 4 is 15.7 Å². The first-order valence-corrected chi connectivity index (χ1v) is 6.44. The van der Waals surface area contributed by atoms with Crippen molar-refractivity contribution in [2.24, 2.45) is 5.92 Å². The van der Waals surface area contributed by atoms with Gasteiger partial charge in [-0.2, -0.15) is 0 Å². The van der Waals surface area contributed by atoms with Crippen LogP contribution in [0.4, 0.5) is 10.1 Å². The molecule has 0 aliphatic carbocycles. The minimum absolute atomic E-state index is 0.0144. The highest BCUT2D eigenvalue weighted by molar-refractivity contribution is 7.92. The Hall–Kier alpha value is -1.30. The van der Waals surface area contributed by atoms with Gasteiger partial charge in [-0.1, -0.05) is 13.8 Å². The Morgan fingerprint density at radius 3 is 2.56 bits per heavy atom. The van der Waals surface area contributed by atoms with Gasteiger partial charge in [0.2, 0.25) is 10.0 Å². The molecule has 0 saturated carbocycles. The molecule has 16 heavy (non-hydrogen) atoms. The average molecular weight is 247 g/mol. The third-order valence-corrected chi connectivity index (χ3v) is 3.43. The Morgan fingerprint density at radius 2 is 2.06 bits per heavy atom. The van der Waals surface area contributed by atoms with Crippen molar-refractivity contribution in [1.82, 2.24) is 0 Å². The molecule has 1 aromatic rings. The van der Waals surface area contributed by atoms with Gasteiger partial charge in [-0.3, -0.25) is 4.72 Å². The number of benzene rings is 1. The molecule has 0 heterocycles. The van der Waals surface area contributed by atoms with E-state index in [4.69, 9.17) is 5.11 Å². The van der Waals surface area contributed by atoms with Gasteiger partial charge >= 0.3 is 0 Å². The van der Waals surface area contributed by atoms with Gasteiger partial charge in [0, 0.05) is 6.07 Å². The molecule has 0 atom stereocenters. The molecular weight excluding hydrogens is 233 g/mol. The average Bonchev–Trinajstić information content (AvgIpc) is 2.08. The highest BCUT2D eigenvalue weighted by atomic mass is 32.2. The zero-order valence-corrected chi connectivity index (χ0v) is 9.88. The number of anilines is 1. The largest absolute Gasteiger partial charge is 0.505 e. The highest BCUT2D eigenvalue weighted by Crippen LogP contribution is 2.20. The predicted octanol–water partition coefficient (Wildman–Crippen LogP) is 1.93. The van der Waals surface area contributed by atoms with E-state index >= 15 is 0 Å². The molecule has 0 amide bonds. The van der Waals surface area contributed by atoms with E-state index in [0.29, 0.717) is 0 Å². The van der Waals surface area contributed by atoms with Crippen LogP contribution >= 0.6 is 0 Å².